The molecule has 1 aromatic heterocycles. The minimum Gasteiger partial charge on any atom is -0.466 e. The first kappa shape index (κ1) is 26.8. The molecule has 3 amide bonds. The first-order valence-corrected chi connectivity index (χ1v) is 15.1. The largest absolute Gasteiger partial charge is 0.466 e. The molecule has 4 aromatic rings. The molecule has 0 bridgehead atoms. The predicted octanol–water partition coefficient (Wildman–Crippen LogP) is 5.59. The molecule has 0 atom stereocenters. The van der Waals surface area contributed by atoms with E-state index in [4.69, 9.17) is 9.72 Å². The fourth-order valence-electron chi connectivity index (χ4n) is 7.16. The summed E-state index contributed by atoms with van der Waals surface area (Å²) in [4.78, 5) is 48.1. The van der Waals surface area contributed by atoms with Crippen molar-refractivity contribution in [2.24, 2.45) is 5.92 Å². The van der Waals surface area contributed by atoms with Gasteiger partial charge in [-0.1, -0.05) is 66.7 Å². The van der Waals surface area contributed by atoms with E-state index in [2.05, 4.69) is 0 Å². The van der Waals surface area contributed by atoms with Crippen LogP contribution in [0.3, 0.4) is 0 Å². The van der Waals surface area contributed by atoms with E-state index in [0.717, 1.165) is 35.1 Å². The predicted molar refractivity (Wildman–Crippen MR) is 164 cm³/mol. The van der Waals surface area contributed by atoms with Gasteiger partial charge in [-0.15, -0.1) is 0 Å². The zero-order valence-corrected chi connectivity index (χ0v) is 24.3. The molecule has 0 radical (unpaired) electrons. The topological polar surface area (TPSA) is 100 Å². The normalized spacial score (nSPS) is 24.1. The van der Waals surface area contributed by atoms with Crippen LogP contribution in [0.15, 0.2) is 84.9 Å². The van der Waals surface area contributed by atoms with Crippen LogP contribution in [0.5, 0.6) is 5.88 Å². The molecule has 0 saturated heterocycles. The quantitative estimate of drug-likeness (QED) is 0.296. The van der Waals surface area contributed by atoms with Crippen LogP contribution < -0.4 is 9.64 Å². The van der Waals surface area contributed by atoms with Crippen molar-refractivity contribution in [1.82, 2.24) is 9.88 Å². The number of aromatic nitrogens is 1. The van der Waals surface area contributed by atoms with Crippen LogP contribution in [0.2, 0.25) is 0 Å². The molecule has 2 aliphatic carbocycles. The highest BCUT2D eigenvalue weighted by molar-refractivity contribution is 6.22. The molecule has 2 fully saturated rings. The van der Waals surface area contributed by atoms with Crippen molar-refractivity contribution in [3.05, 3.63) is 102 Å². The second-order valence-electron chi connectivity index (χ2n) is 12.8. The van der Waals surface area contributed by atoms with E-state index in [9.17, 15) is 19.5 Å². The lowest BCUT2D eigenvalue weighted by molar-refractivity contribution is -0.121. The van der Waals surface area contributed by atoms with Crippen LogP contribution in [0.4, 0.5) is 5.69 Å². The third-order valence-corrected chi connectivity index (χ3v) is 9.38. The summed E-state index contributed by atoms with van der Waals surface area (Å²) < 4.78 is 5.86. The summed E-state index contributed by atoms with van der Waals surface area (Å²) in [6.45, 7) is 2.36. The molecular formula is C36H31N3O5. The number of fused-ring (bicyclic) bond motifs is 2. The van der Waals surface area contributed by atoms with Crippen molar-refractivity contribution >= 4 is 23.4 Å². The number of hydrogen-bond donors (Lipinski definition) is 1. The minimum absolute atomic E-state index is 0.0431. The fraction of sp³-hybridized carbons (Fsp3) is 0.278. The number of aliphatic hydroxyl groups is 1. The number of carbonyl (C=O) groups is 3. The Morgan fingerprint density at radius 3 is 2.09 bits per heavy atom. The molecule has 3 aromatic carbocycles. The van der Waals surface area contributed by atoms with E-state index in [-0.39, 0.29) is 37.2 Å². The number of benzene rings is 3. The van der Waals surface area contributed by atoms with Gasteiger partial charge in [0.15, 0.2) is 6.61 Å². The van der Waals surface area contributed by atoms with Crippen LogP contribution in [0, 0.1) is 5.92 Å². The van der Waals surface area contributed by atoms with Gasteiger partial charge in [-0.25, -0.2) is 4.98 Å². The molecular weight excluding hydrogens is 554 g/mol. The zero-order valence-electron chi connectivity index (χ0n) is 24.3. The molecule has 8 rings (SSSR count). The Balaban J connectivity index is 1.21. The molecule has 0 unspecified atom stereocenters. The maximum atomic E-state index is 13.5. The number of carbonyl (C=O) groups excluding carboxylic acids is 3. The van der Waals surface area contributed by atoms with Gasteiger partial charge in [-0.05, 0) is 55.0 Å². The van der Waals surface area contributed by atoms with Gasteiger partial charge in [-0.2, -0.15) is 0 Å². The number of ether oxygens (including phenoxy) is 1. The Labute approximate surface area is 254 Å². The van der Waals surface area contributed by atoms with E-state index in [1.165, 1.54) is 4.90 Å². The zero-order chi connectivity index (χ0) is 30.2. The number of anilines is 1. The summed E-state index contributed by atoms with van der Waals surface area (Å²) in [5.41, 5.74) is 3.64. The van der Waals surface area contributed by atoms with Gasteiger partial charge in [0.25, 0.3) is 17.7 Å². The van der Waals surface area contributed by atoms with Crippen LogP contribution in [0.25, 0.3) is 22.4 Å². The first-order chi connectivity index (χ1) is 21.2. The number of hydrogen-bond acceptors (Lipinski definition) is 6. The highest BCUT2D eigenvalue weighted by atomic mass is 16.5. The van der Waals surface area contributed by atoms with Crippen molar-refractivity contribution in [3.63, 3.8) is 0 Å². The van der Waals surface area contributed by atoms with Gasteiger partial charge in [0, 0.05) is 30.5 Å². The molecule has 44 heavy (non-hydrogen) atoms. The second-order valence-corrected chi connectivity index (χ2v) is 12.8. The molecule has 4 aliphatic rings. The smallest absolute Gasteiger partial charge is 0.265 e. The summed E-state index contributed by atoms with van der Waals surface area (Å²) >= 11 is 0. The highest BCUT2D eigenvalue weighted by Crippen LogP contribution is 2.55. The van der Waals surface area contributed by atoms with Crippen molar-refractivity contribution in [1.29, 1.82) is 0 Å². The Morgan fingerprint density at radius 2 is 1.48 bits per heavy atom. The average Bonchev–Trinajstić information content (AvgIpc) is 3.81. The van der Waals surface area contributed by atoms with E-state index in [0.29, 0.717) is 40.9 Å². The van der Waals surface area contributed by atoms with Gasteiger partial charge in [0.05, 0.1) is 28.0 Å². The standard InChI is InChI=1S/C36H31N3O5/c1-35(43)20-36(21-35,39-33(41)26-9-5-6-10-27(26)34(39)42)25-15-13-24(14-16-25)31-28(23-7-3-2-4-8-23)17-29-32(37-31)44-19-30(40)38(29)18-22-11-12-22/h2-10,13-17,22,43H,11-12,18-21H2,1H3. The fourth-order valence-corrected chi connectivity index (χ4v) is 7.16. The molecule has 8 heteroatoms. The van der Waals surface area contributed by atoms with E-state index in [1.807, 2.05) is 65.6 Å². The number of imide groups is 1. The Bertz CT molecular complexity index is 1800. The number of pyridine rings is 1. The Hall–Kier alpha value is -4.82. The summed E-state index contributed by atoms with van der Waals surface area (Å²) in [5.74, 6) is 0.212. The van der Waals surface area contributed by atoms with Crippen molar-refractivity contribution in [2.45, 2.75) is 43.7 Å². The lowest BCUT2D eigenvalue weighted by atomic mass is 9.61. The maximum Gasteiger partial charge on any atom is 0.265 e. The van der Waals surface area contributed by atoms with E-state index in [1.54, 1.807) is 31.2 Å². The summed E-state index contributed by atoms with van der Waals surface area (Å²) in [6.07, 6.45) is 2.74. The average molecular weight is 586 g/mol. The lowest BCUT2D eigenvalue weighted by Gasteiger charge is -2.55. The second kappa shape index (κ2) is 9.59. The summed E-state index contributed by atoms with van der Waals surface area (Å²) in [6, 6.07) is 26.6. The van der Waals surface area contributed by atoms with Gasteiger partial charge in [0.1, 0.15) is 5.69 Å². The van der Waals surface area contributed by atoms with E-state index >= 15 is 0 Å². The Morgan fingerprint density at radius 1 is 0.841 bits per heavy atom. The number of nitrogens with zero attached hydrogens (tertiary/aromatic N) is 3. The minimum atomic E-state index is -1.00. The van der Waals surface area contributed by atoms with Crippen molar-refractivity contribution < 1.29 is 24.2 Å². The number of rotatable bonds is 6. The summed E-state index contributed by atoms with van der Waals surface area (Å²) in [5, 5.41) is 10.9. The third-order valence-electron chi connectivity index (χ3n) is 9.38. The molecule has 3 heterocycles. The van der Waals surface area contributed by atoms with Crippen molar-refractivity contribution in [3.8, 4) is 28.3 Å². The van der Waals surface area contributed by atoms with Crippen LogP contribution in [-0.4, -0.2) is 51.5 Å². The van der Waals surface area contributed by atoms with Crippen LogP contribution >= 0.6 is 0 Å². The van der Waals surface area contributed by atoms with E-state index < -0.39 is 11.1 Å². The van der Waals surface area contributed by atoms with Gasteiger partial charge < -0.3 is 14.7 Å². The number of amides is 3. The van der Waals surface area contributed by atoms with Crippen LogP contribution in [-0.2, 0) is 10.3 Å². The first-order valence-electron chi connectivity index (χ1n) is 15.1. The lowest BCUT2D eigenvalue weighted by Crippen LogP contribution is -2.63. The molecule has 2 saturated carbocycles. The highest BCUT2D eigenvalue weighted by Gasteiger charge is 2.60. The summed E-state index contributed by atoms with van der Waals surface area (Å²) in [7, 11) is 0. The molecule has 8 nitrogen and oxygen atoms in total. The van der Waals surface area contributed by atoms with Gasteiger partial charge >= 0.3 is 0 Å². The third kappa shape index (κ3) is 4.16. The SMILES string of the molecule is CC1(O)CC(c2ccc(-c3nc4c(cc3-c3ccccc3)N(CC3CC3)C(=O)CO4)cc2)(N2C(=O)c3ccccc3C2=O)C1. The van der Waals surface area contributed by atoms with Gasteiger partial charge in [0.2, 0.25) is 5.88 Å². The van der Waals surface area contributed by atoms with Crippen molar-refractivity contribution in [2.75, 3.05) is 18.1 Å². The molecule has 1 N–H and O–H groups in total. The van der Waals surface area contributed by atoms with Gasteiger partial charge in [-0.3, -0.25) is 19.3 Å². The molecule has 220 valence electrons. The monoisotopic (exact) mass is 585 g/mol. The molecule has 0 spiro atoms. The van der Waals surface area contributed by atoms with Crippen LogP contribution in [0.1, 0.15) is 58.9 Å². The maximum absolute atomic E-state index is 13.5. The molecule has 2 aliphatic heterocycles. The Kier molecular flexibility index (Phi) is 5.84.